The van der Waals surface area contributed by atoms with Gasteiger partial charge >= 0.3 is 0 Å². The fourth-order valence-electron chi connectivity index (χ4n) is 0.719. The minimum atomic E-state index is -0.215. The molecule has 1 heterocycles. The summed E-state index contributed by atoms with van der Waals surface area (Å²) in [7, 11) is 0. The first kappa shape index (κ1) is 9.24. The molecule has 12 heavy (non-hydrogen) atoms. The van der Waals surface area contributed by atoms with Gasteiger partial charge in [0.15, 0.2) is 5.75 Å². The molecule has 0 spiro atoms. The molecule has 0 atom stereocenters. The van der Waals surface area contributed by atoms with Crippen molar-refractivity contribution in [1.82, 2.24) is 4.98 Å². The Hall–Kier alpha value is -0.850. The Kier molecular flexibility index (Phi) is 2.85. The van der Waals surface area contributed by atoms with Gasteiger partial charge in [-0.25, -0.2) is 4.98 Å². The first-order valence-corrected chi connectivity index (χ1v) is 4.30. The second-order valence-corrected chi connectivity index (χ2v) is 3.20. The smallest absolute Gasteiger partial charge is 0.221 e. The van der Waals surface area contributed by atoms with Crippen molar-refractivity contribution < 1.29 is 9.90 Å². The van der Waals surface area contributed by atoms with E-state index in [0.29, 0.717) is 9.39 Å². The van der Waals surface area contributed by atoms with E-state index in [1.165, 1.54) is 13.1 Å². The van der Waals surface area contributed by atoms with Crippen LogP contribution in [0.1, 0.15) is 6.92 Å². The normalized spacial score (nSPS) is 9.50. The number of halogens is 1. The van der Waals surface area contributed by atoms with Crippen LogP contribution in [-0.4, -0.2) is 16.0 Å². The molecule has 1 amide bonds. The van der Waals surface area contributed by atoms with Gasteiger partial charge in [0.1, 0.15) is 3.70 Å². The van der Waals surface area contributed by atoms with Crippen molar-refractivity contribution in [3.63, 3.8) is 0 Å². The van der Waals surface area contributed by atoms with Crippen LogP contribution in [0.4, 0.5) is 5.69 Å². The number of anilines is 1. The molecule has 4 nitrogen and oxygen atoms in total. The summed E-state index contributed by atoms with van der Waals surface area (Å²) < 4.78 is 0.471. The molecule has 0 saturated carbocycles. The van der Waals surface area contributed by atoms with Gasteiger partial charge < -0.3 is 10.4 Å². The maximum Gasteiger partial charge on any atom is 0.221 e. The number of nitrogens with one attached hydrogen (secondary N) is 1. The summed E-state index contributed by atoms with van der Waals surface area (Å²) >= 11 is 1.88. The van der Waals surface area contributed by atoms with E-state index in [1.807, 2.05) is 22.6 Å². The monoisotopic (exact) mass is 278 g/mol. The molecule has 0 aromatic carbocycles. The zero-order chi connectivity index (χ0) is 9.14. The maximum absolute atomic E-state index is 10.6. The Bertz CT molecular complexity index is 314. The van der Waals surface area contributed by atoms with E-state index < -0.39 is 0 Å². The molecule has 5 heteroatoms. The molecule has 0 radical (unpaired) electrons. The number of nitrogens with zero attached hydrogens (tertiary/aromatic N) is 1. The minimum absolute atomic E-state index is 0.00769. The highest BCUT2D eigenvalue weighted by atomic mass is 127. The number of carbonyl (C=O) groups excluding carboxylic acids is 1. The van der Waals surface area contributed by atoms with Gasteiger partial charge in [-0.3, -0.25) is 4.79 Å². The van der Waals surface area contributed by atoms with Gasteiger partial charge in [0.2, 0.25) is 5.91 Å². The lowest BCUT2D eigenvalue weighted by Crippen LogP contribution is -2.06. The van der Waals surface area contributed by atoms with Crippen molar-refractivity contribution in [2.45, 2.75) is 6.92 Å². The number of hydrogen-bond donors (Lipinski definition) is 2. The van der Waals surface area contributed by atoms with Gasteiger partial charge in [0.25, 0.3) is 0 Å². The molecule has 0 aliphatic heterocycles. The van der Waals surface area contributed by atoms with Crippen LogP contribution >= 0.6 is 22.6 Å². The summed E-state index contributed by atoms with van der Waals surface area (Å²) in [4.78, 5) is 14.5. The first-order valence-electron chi connectivity index (χ1n) is 3.22. The second-order valence-electron chi connectivity index (χ2n) is 2.18. The van der Waals surface area contributed by atoms with Gasteiger partial charge in [0, 0.05) is 13.1 Å². The van der Waals surface area contributed by atoms with E-state index in [2.05, 4.69) is 10.3 Å². The Morgan fingerprint density at radius 3 is 3.00 bits per heavy atom. The third-order valence-electron chi connectivity index (χ3n) is 1.19. The third-order valence-corrected chi connectivity index (χ3v) is 1.98. The number of aromatic nitrogens is 1. The highest BCUT2D eigenvalue weighted by Gasteiger charge is 2.05. The van der Waals surface area contributed by atoms with Crippen LogP contribution in [0.3, 0.4) is 0 Å². The van der Waals surface area contributed by atoms with Crippen LogP contribution in [0, 0.1) is 3.70 Å². The predicted molar refractivity (Wildman–Crippen MR) is 52.9 cm³/mol. The Morgan fingerprint density at radius 2 is 2.42 bits per heavy atom. The number of pyridine rings is 1. The molecule has 0 aliphatic rings. The van der Waals surface area contributed by atoms with Gasteiger partial charge in [-0.15, -0.1) is 0 Å². The summed E-state index contributed by atoms with van der Waals surface area (Å²) in [5.74, 6) is -0.208. The molecule has 0 unspecified atom stereocenters. The highest BCUT2D eigenvalue weighted by Crippen LogP contribution is 2.26. The van der Waals surface area contributed by atoms with Crippen molar-refractivity contribution in [2.75, 3.05) is 5.32 Å². The molecule has 1 aromatic rings. The lowest BCUT2D eigenvalue weighted by atomic mass is 10.4. The summed E-state index contributed by atoms with van der Waals surface area (Å²) in [6, 6.07) is 1.54. The molecule has 0 saturated heterocycles. The van der Waals surface area contributed by atoms with Gasteiger partial charge in [-0.1, -0.05) is 0 Å². The summed E-state index contributed by atoms with van der Waals surface area (Å²) in [5.41, 5.74) is 0.391. The van der Waals surface area contributed by atoms with Crippen LogP contribution < -0.4 is 5.32 Å². The summed E-state index contributed by atoms with van der Waals surface area (Å²) in [6.45, 7) is 1.38. The van der Waals surface area contributed by atoms with Crippen LogP contribution in [0.25, 0.3) is 0 Å². The van der Waals surface area contributed by atoms with Crippen molar-refractivity contribution in [1.29, 1.82) is 0 Å². The molecule has 1 aromatic heterocycles. The largest absolute Gasteiger partial charge is 0.504 e. The molecule has 64 valence electrons. The van der Waals surface area contributed by atoms with E-state index >= 15 is 0 Å². The Labute approximate surface area is 83.1 Å². The topological polar surface area (TPSA) is 62.2 Å². The van der Waals surface area contributed by atoms with Crippen LogP contribution in [0.5, 0.6) is 5.75 Å². The predicted octanol–water partition coefficient (Wildman–Crippen LogP) is 1.35. The average molecular weight is 278 g/mol. The van der Waals surface area contributed by atoms with E-state index in [4.69, 9.17) is 0 Å². The van der Waals surface area contributed by atoms with Crippen molar-refractivity contribution in [2.24, 2.45) is 0 Å². The molecule has 0 fully saturated rings. The summed E-state index contributed by atoms with van der Waals surface area (Å²) in [5, 5.41) is 11.8. The number of amides is 1. The highest BCUT2D eigenvalue weighted by molar-refractivity contribution is 14.1. The number of rotatable bonds is 1. The molecular weight excluding hydrogens is 271 g/mol. The van der Waals surface area contributed by atoms with Crippen molar-refractivity contribution >= 4 is 34.2 Å². The van der Waals surface area contributed by atoms with Crippen LogP contribution in [0.2, 0.25) is 0 Å². The Morgan fingerprint density at radius 1 is 1.75 bits per heavy atom. The second kappa shape index (κ2) is 3.70. The SMILES string of the molecule is CC(=O)Nc1ccnc(I)c1O. The van der Waals surface area contributed by atoms with Crippen molar-refractivity contribution in [3.05, 3.63) is 16.0 Å². The van der Waals surface area contributed by atoms with Crippen LogP contribution in [0.15, 0.2) is 12.3 Å². The molecular formula is C7H7IN2O2. The zero-order valence-corrected chi connectivity index (χ0v) is 8.49. The third kappa shape index (κ3) is 2.07. The number of aromatic hydroxyl groups is 1. The lowest BCUT2D eigenvalue weighted by Gasteiger charge is -2.04. The lowest BCUT2D eigenvalue weighted by molar-refractivity contribution is -0.114. The molecule has 0 bridgehead atoms. The van der Waals surface area contributed by atoms with E-state index in [9.17, 15) is 9.90 Å². The maximum atomic E-state index is 10.6. The quantitative estimate of drug-likeness (QED) is 0.602. The number of hydrogen-bond acceptors (Lipinski definition) is 3. The molecule has 2 N–H and O–H groups in total. The first-order chi connectivity index (χ1) is 5.61. The minimum Gasteiger partial charge on any atom is -0.504 e. The van der Waals surface area contributed by atoms with Gasteiger partial charge in [-0.2, -0.15) is 0 Å². The standard InChI is InChI=1S/C7H7IN2O2/c1-4(11)10-5-2-3-9-7(8)6(5)12/h2-3,12H,1H3,(H,9,10,11). The Balaban J connectivity index is 3.00. The van der Waals surface area contributed by atoms with Crippen molar-refractivity contribution in [3.8, 4) is 5.75 Å². The molecule has 0 aliphatic carbocycles. The van der Waals surface area contributed by atoms with E-state index in [1.54, 1.807) is 6.07 Å². The fourth-order valence-corrected chi connectivity index (χ4v) is 1.17. The van der Waals surface area contributed by atoms with Gasteiger partial charge in [-0.05, 0) is 28.7 Å². The molecule has 1 rings (SSSR count). The number of carbonyl (C=O) groups is 1. The van der Waals surface area contributed by atoms with Gasteiger partial charge in [0.05, 0.1) is 5.69 Å². The van der Waals surface area contributed by atoms with Crippen LogP contribution in [-0.2, 0) is 4.79 Å². The zero-order valence-electron chi connectivity index (χ0n) is 6.34. The fraction of sp³-hybridized carbons (Fsp3) is 0.143. The summed E-state index contributed by atoms with van der Waals surface area (Å²) in [6.07, 6.45) is 1.52. The van der Waals surface area contributed by atoms with E-state index in [0.717, 1.165) is 0 Å². The average Bonchev–Trinajstić information content (AvgIpc) is 1.98. The van der Waals surface area contributed by atoms with E-state index in [-0.39, 0.29) is 11.7 Å².